The molecule has 0 rings (SSSR count). The van der Waals surface area contributed by atoms with Crippen LogP contribution in [-0.2, 0) is 0 Å². The fourth-order valence-electron chi connectivity index (χ4n) is 0.815. The molecule has 0 heterocycles. The Labute approximate surface area is 77.7 Å². The summed E-state index contributed by atoms with van der Waals surface area (Å²) in [7, 11) is 2.05. The van der Waals surface area contributed by atoms with Crippen molar-refractivity contribution >= 4 is 15.9 Å². The van der Waals surface area contributed by atoms with Crippen LogP contribution in [0.25, 0.3) is 0 Å². The molecule has 68 valence electrons. The van der Waals surface area contributed by atoms with Gasteiger partial charge in [-0.2, -0.15) is 0 Å². The molecule has 0 aromatic carbocycles. The van der Waals surface area contributed by atoms with Gasteiger partial charge in [-0.1, -0.05) is 15.9 Å². The quantitative estimate of drug-likeness (QED) is 0.545. The molecule has 0 fully saturated rings. The predicted octanol–water partition coefficient (Wildman–Crippen LogP) is 1.47. The fraction of sp³-hybridized carbons (Fsp3) is 1.00. The number of alkyl halides is 1. The van der Waals surface area contributed by atoms with Gasteiger partial charge in [-0.25, -0.2) is 0 Å². The highest BCUT2D eigenvalue weighted by atomic mass is 79.9. The van der Waals surface area contributed by atoms with Gasteiger partial charge in [-0.05, 0) is 33.4 Å². The zero-order valence-electron chi connectivity index (χ0n) is 7.39. The highest BCUT2D eigenvalue weighted by molar-refractivity contribution is 9.09. The molecule has 0 bridgehead atoms. The summed E-state index contributed by atoms with van der Waals surface area (Å²) in [6, 6.07) is 0.297. The van der Waals surface area contributed by atoms with Gasteiger partial charge in [0.1, 0.15) is 0 Å². The topological polar surface area (TPSA) is 23.5 Å². The standard InChI is InChI=1S/C8H18BrNO/c1-8(7-11)10(2)6-4-3-5-9/h8,11H,3-7H2,1-2H3. The Hall–Kier alpha value is 0.400. The molecule has 0 aromatic heterocycles. The van der Waals surface area contributed by atoms with Crippen molar-refractivity contribution in [3.8, 4) is 0 Å². The van der Waals surface area contributed by atoms with E-state index in [4.69, 9.17) is 5.11 Å². The van der Waals surface area contributed by atoms with Gasteiger partial charge >= 0.3 is 0 Å². The second-order valence-electron chi connectivity index (χ2n) is 2.91. The lowest BCUT2D eigenvalue weighted by Crippen LogP contribution is -2.32. The molecule has 1 unspecified atom stereocenters. The van der Waals surface area contributed by atoms with Crippen LogP contribution in [0.4, 0.5) is 0 Å². The van der Waals surface area contributed by atoms with Crippen molar-refractivity contribution in [1.82, 2.24) is 4.90 Å². The van der Waals surface area contributed by atoms with Crippen LogP contribution in [0.2, 0.25) is 0 Å². The zero-order chi connectivity index (χ0) is 8.69. The number of aliphatic hydroxyl groups excluding tert-OH is 1. The van der Waals surface area contributed by atoms with E-state index in [1.54, 1.807) is 0 Å². The molecule has 1 N–H and O–H groups in total. The highest BCUT2D eigenvalue weighted by Crippen LogP contribution is 1.99. The third-order valence-corrected chi connectivity index (χ3v) is 2.47. The summed E-state index contributed by atoms with van der Waals surface area (Å²) in [5.74, 6) is 0. The Bertz CT molecular complexity index is 90.2. The minimum atomic E-state index is 0.255. The van der Waals surface area contributed by atoms with Crippen LogP contribution in [0.5, 0.6) is 0 Å². The van der Waals surface area contributed by atoms with Crippen LogP contribution in [0.1, 0.15) is 19.8 Å². The average molecular weight is 224 g/mol. The molecule has 0 saturated carbocycles. The zero-order valence-corrected chi connectivity index (χ0v) is 8.97. The third-order valence-electron chi connectivity index (χ3n) is 1.91. The maximum atomic E-state index is 8.81. The summed E-state index contributed by atoms with van der Waals surface area (Å²) in [4.78, 5) is 2.18. The number of aliphatic hydroxyl groups is 1. The molecule has 0 saturated heterocycles. The Morgan fingerprint density at radius 2 is 2.09 bits per heavy atom. The number of hydrogen-bond donors (Lipinski definition) is 1. The average Bonchev–Trinajstić information content (AvgIpc) is 2.03. The molecule has 0 aliphatic heterocycles. The highest BCUT2D eigenvalue weighted by Gasteiger charge is 2.05. The van der Waals surface area contributed by atoms with E-state index < -0.39 is 0 Å². The van der Waals surface area contributed by atoms with Gasteiger partial charge in [0, 0.05) is 11.4 Å². The molecular weight excluding hydrogens is 206 g/mol. The van der Waals surface area contributed by atoms with E-state index in [0.717, 1.165) is 11.9 Å². The first-order chi connectivity index (χ1) is 5.22. The lowest BCUT2D eigenvalue weighted by atomic mass is 10.2. The minimum Gasteiger partial charge on any atom is -0.395 e. The lowest BCUT2D eigenvalue weighted by Gasteiger charge is -2.22. The van der Waals surface area contributed by atoms with Crippen molar-refractivity contribution in [1.29, 1.82) is 0 Å². The van der Waals surface area contributed by atoms with Crippen molar-refractivity contribution in [2.75, 3.05) is 25.5 Å². The summed E-state index contributed by atoms with van der Waals surface area (Å²) in [6.45, 7) is 3.37. The molecular formula is C8H18BrNO. The summed E-state index contributed by atoms with van der Waals surface area (Å²) in [5, 5.41) is 9.89. The van der Waals surface area contributed by atoms with E-state index in [2.05, 4.69) is 27.9 Å². The molecule has 0 aliphatic rings. The molecule has 0 aliphatic carbocycles. The summed E-state index contributed by atoms with van der Waals surface area (Å²) in [6.07, 6.45) is 2.41. The van der Waals surface area contributed by atoms with Crippen molar-refractivity contribution in [3.05, 3.63) is 0 Å². The molecule has 0 aromatic rings. The SMILES string of the molecule is CC(CO)N(C)CCCCBr. The van der Waals surface area contributed by atoms with Gasteiger partial charge in [0.15, 0.2) is 0 Å². The van der Waals surface area contributed by atoms with Gasteiger partial charge in [-0.15, -0.1) is 0 Å². The molecule has 2 nitrogen and oxygen atoms in total. The van der Waals surface area contributed by atoms with Crippen LogP contribution in [0.3, 0.4) is 0 Å². The smallest absolute Gasteiger partial charge is 0.0584 e. The first-order valence-electron chi connectivity index (χ1n) is 4.09. The molecule has 0 radical (unpaired) electrons. The summed E-state index contributed by atoms with van der Waals surface area (Å²) >= 11 is 3.39. The largest absolute Gasteiger partial charge is 0.395 e. The maximum Gasteiger partial charge on any atom is 0.0584 e. The predicted molar refractivity (Wildman–Crippen MR) is 52.2 cm³/mol. The van der Waals surface area contributed by atoms with Crippen molar-refractivity contribution in [3.63, 3.8) is 0 Å². The molecule has 3 heteroatoms. The third kappa shape index (κ3) is 5.65. The molecule has 1 atom stereocenters. The fourth-order valence-corrected chi connectivity index (χ4v) is 1.21. The van der Waals surface area contributed by atoms with Crippen LogP contribution in [0, 0.1) is 0 Å². The van der Waals surface area contributed by atoms with E-state index >= 15 is 0 Å². The van der Waals surface area contributed by atoms with Crippen LogP contribution in [0.15, 0.2) is 0 Å². The van der Waals surface area contributed by atoms with Crippen molar-refractivity contribution < 1.29 is 5.11 Å². The van der Waals surface area contributed by atoms with Crippen molar-refractivity contribution in [2.45, 2.75) is 25.8 Å². The van der Waals surface area contributed by atoms with E-state index in [1.807, 2.05) is 6.92 Å². The Kier molecular flexibility index (Phi) is 7.33. The Balaban J connectivity index is 3.28. The number of halogens is 1. The van der Waals surface area contributed by atoms with Gasteiger partial charge in [0.05, 0.1) is 6.61 Å². The minimum absolute atomic E-state index is 0.255. The van der Waals surface area contributed by atoms with Crippen LogP contribution in [-0.4, -0.2) is 41.6 Å². The van der Waals surface area contributed by atoms with Gasteiger partial charge in [-0.3, -0.25) is 0 Å². The second-order valence-corrected chi connectivity index (χ2v) is 3.70. The molecule has 0 spiro atoms. The number of likely N-dealkylation sites (N-methyl/N-ethyl adjacent to an activating group) is 1. The molecule has 0 amide bonds. The van der Waals surface area contributed by atoms with E-state index in [0.29, 0.717) is 6.04 Å². The van der Waals surface area contributed by atoms with E-state index in [-0.39, 0.29) is 6.61 Å². The van der Waals surface area contributed by atoms with E-state index in [1.165, 1.54) is 12.8 Å². The van der Waals surface area contributed by atoms with Gasteiger partial charge in [0.25, 0.3) is 0 Å². The number of rotatable bonds is 6. The summed E-state index contributed by atoms with van der Waals surface area (Å²) < 4.78 is 0. The van der Waals surface area contributed by atoms with Crippen LogP contribution < -0.4 is 0 Å². The Morgan fingerprint density at radius 3 is 2.55 bits per heavy atom. The lowest BCUT2D eigenvalue weighted by molar-refractivity contribution is 0.158. The first-order valence-corrected chi connectivity index (χ1v) is 5.21. The number of unbranched alkanes of at least 4 members (excludes halogenated alkanes) is 1. The van der Waals surface area contributed by atoms with Gasteiger partial charge in [0.2, 0.25) is 0 Å². The van der Waals surface area contributed by atoms with E-state index in [9.17, 15) is 0 Å². The normalized spacial score (nSPS) is 13.9. The van der Waals surface area contributed by atoms with Gasteiger partial charge < -0.3 is 10.0 Å². The number of hydrogen-bond acceptors (Lipinski definition) is 2. The monoisotopic (exact) mass is 223 g/mol. The van der Waals surface area contributed by atoms with Crippen LogP contribution >= 0.6 is 15.9 Å². The number of nitrogens with zero attached hydrogens (tertiary/aromatic N) is 1. The Morgan fingerprint density at radius 1 is 1.45 bits per heavy atom. The summed E-state index contributed by atoms with van der Waals surface area (Å²) in [5.41, 5.74) is 0. The molecule has 11 heavy (non-hydrogen) atoms. The maximum absolute atomic E-state index is 8.81. The van der Waals surface area contributed by atoms with Crippen molar-refractivity contribution in [2.24, 2.45) is 0 Å². The second kappa shape index (κ2) is 7.07. The first kappa shape index (κ1) is 11.4.